The Morgan fingerprint density at radius 3 is 2.45 bits per heavy atom. The summed E-state index contributed by atoms with van der Waals surface area (Å²) in [5.74, 6) is -0.981. The summed E-state index contributed by atoms with van der Waals surface area (Å²) in [5.41, 5.74) is 0. The SMILES string of the molecule is C=O.O=C(O)c1nc(Br)cs1. The lowest BCUT2D eigenvalue weighted by molar-refractivity contribution is -0.0980. The monoisotopic (exact) mass is 237 g/mol. The number of thiazole rings is 1. The molecule has 0 saturated carbocycles. The van der Waals surface area contributed by atoms with Crippen LogP contribution in [-0.4, -0.2) is 22.8 Å². The van der Waals surface area contributed by atoms with Gasteiger partial charge < -0.3 is 9.90 Å². The smallest absolute Gasteiger partial charge is 0.365 e. The highest BCUT2D eigenvalue weighted by Gasteiger charge is 2.05. The lowest BCUT2D eigenvalue weighted by Gasteiger charge is -1.78. The van der Waals surface area contributed by atoms with E-state index in [2.05, 4.69) is 20.9 Å². The Balaban J connectivity index is 0.000000461. The first kappa shape index (κ1) is 10.2. The first-order valence-corrected chi connectivity index (χ1v) is 4.00. The van der Waals surface area contributed by atoms with E-state index in [0.717, 1.165) is 11.3 Å². The molecule has 0 spiro atoms. The molecule has 11 heavy (non-hydrogen) atoms. The predicted molar refractivity (Wildman–Crippen MR) is 43.9 cm³/mol. The molecule has 0 unspecified atom stereocenters. The summed E-state index contributed by atoms with van der Waals surface area (Å²) >= 11 is 4.14. The number of carboxylic acids is 1. The van der Waals surface area contributed by atoms with Crippen molar-refractivity contribution in [3.63, 3.8) is 0 Å². The molecule has 4 nitrogen and oxygen atoms in total. The van der Waals surface area contributed by atoms with Gasteiger partial charge in [-0.15, -0.1) is 11.3 Å². The van der Waals surface area contributed by atoms with E-state index in [-0.39, 0.29) is 5.01 Å². The molecular formula is C5H4BrNO3S. The van der Waals surface area contributed by atoms with Crippen LogP contribution in [0.25, 0.3) is 0 Å². The number of carbonyl (C=O) groups is 2. The van der Waals surface area contributed by atoms with Crippen LogP contribution < -0.4 is 0 Å². The van der Waals surface area contributed by atoms with Gasteiger partial charge in [-0.25, -0.2) is 9.78 Å². The molecule has 1 aromatic heterocycles. The van der Waals surface area contributed by atoms with Crippen LogP contribution in [0.1, 0.15) is 9.80 Å². The highest BCUT2D eigenvalue weighted by molar-refractivity contribution is 9.10. The molecule has 0 aliphatic carbocycles. The third-order valence-corrected chi connectivity index (χ3v) is 2.20. The summed E-state index contributed by atoms with van der Waals surface area (Å²) in [6.07, 6.45) is 0. The summed E-state index contributed by atoms with van der Waals surface area (Å²) in [6, 6.07) is 0. The lowest BCUT2D eigenvalue weighted by Crippen LogP contribution is -1.93. The number of rotatable bonds is 1. The van der Waals surface area contributed by atoms with Gasteiger partial charge in [0.05, 0.1) is 0 Å². The molecule has 0 amide bonds. The lowest BCUT2D eigenvalue weighted by atomic mass is 10.7. The highest BCUT2D eigenvalue weighted by atomic mass is 79.9. The van der Waals surface area contributed by atoms with Gasteiger partial charge in [0, 0.05) is 5.38 Å². The van der Waals surface area contributed by atoms with E-state index in [1.165, 1.54) is 0 Å². The first-order chi connectivity index (χ1) is 5.20. The van der Waals surface area contributed by atoms with E-state index in [1.54, 1.807) is 5.38 Å². The van der Waals surface area contributed by atoms with Crippen molar-refractivity contribution in [3.8, 4) is 0 Å². The van der Waals surface area contributed by atoms with E-state index in [1.807, 2.05) is 6.79 Å². The zero-order chi connectivity index (χ0) is 8.85. The Bertz CT molecular complexity index is 250. The van der Waals surface area contributed by atoms with Crippen molar-refractivity contribution in [2.45, 2.75) is 0 Å². The first-order valence-electron chi connectivity index (χ1n) is 2.33. The molecule has 0 fully saturated rings. The zero-order valence-electron chi connectivity index (χ0n) is 5.28. The Hall–Kier alpha value is -0.750. The van der Waals surface area contributed by atoms with Crippen LogP contribution in [0.4, 0.5) is 0 Å². The number of nitrogens with zero attached hydrogens (tertiary/aromatic N) is 1. The van der Waals surface area contributed by atoms with Gasteiger partial charge in [-0.1, -0.05) is 0 Å². The molecule has 1 rings (SSSR count). The van der Waals surface area contributed by atoms with Crippen molar-refractivity contribution >= 4 is 40.0 Å². The molecule has 6 heteroatoms. The molecular weight excluding hydrogens is 234 g/mol. The van der Waals surface area contributed by atoms with Crippen LogP contribution in [0.15, 0.2) is 9.98 Å². The maximum absolute atomic E-state index is 10.1. The van der Waals surface area contributed by atoms with Crippen LogP contribution in [0.2, 0.25) is 0 Å². The molecule has 1 aromatic rings. The fourth-order valence-electron chi connectivity index (χ4n) is 0.352. The minimum absolute atomic E-state index is 0.113. The van der Waals surface area contributed by atoms with Crippen LogP contribution in [0.3, 0.4) is 0 Å². The molecule has 60 valence electrons. The van der Waals surface area contributed by atoms with E-state index in [0.29, 0.717) is 4.60 Å². The summed E-state index contributed by atoms with van der Waals surface area (Å²) < 4.78 is 0.574. The maximum Gasteiger partial charge on any atom is 0.365 e. The van der Waals surface area contributed by atoms with Gasteiger partial charge in [-0.05, 0) is 15.9 Å². The fourth-order valence-corrected chi connectivity index (χ4v) is 1.44. The number of aromatic nitrogens is 1. The number of carbonyl (C=O) groups excluding carboxylic acids is 1. The molecule has 0 aliphatic rings. The average Bonchev–Trinajstić information content (AvgIpc) is 2.40. The van der Waals surface area contributed by atoms with E-state index in [4.69, 9.17) is 9.90 Å². The van der Waals surface area contributed by atoms with Crippen molar-refractivity contribution in [2.24, 2.45) is 0 Å². The van der Waals surface area contributed by atoms with Gasteiger partial charge in [0.25, 0.3) is 0 Å². The zero-order valence-corrected chi connectivity index (χ0v) is 7.68. The van der Waals surface area contributed by atoms with Crippen LogP contribution in [-0.2, 0) is 4.79 Å². The maximum atomic E-state index is 10.1. The highest BCUT2D eigenvalue weighted by Crippen LogP contribution is 2.13. The summed E-state index contributed by atoms with van der Waals surface area (Å²) in [4.78, 5) is 21.8. The standard InChI is InChI=1S/C4H2BrNO2S.CH2O/c5-2-1-9-3(6-2)4(7)8;1-2/h1H,(H,7,8);1H2. The molecule has 0 bridgehead atoms. The van der Waals surface area contributed by atoms with Gasteiger partial charge >= 0.3 is 5.97 Å². The molecule has 0 aliphatic heterocycles. The fraction of sp³-hybridized carbons (Fsp3) is 0. The Morgan fingerprint density at radius 1 is 1.73 bits per heavy atom. The number of halogens is 1. The van der Waals surface area contributed by atoms with Gasteiger partial charge in [0.15, 0.2) is 0 Å². The summed E-state index contributed by atoms with van der Waals surface area (Å²) in [6.45, 7) is 2.00. The molecule has 0 saturated heterocycles. The van der Waals surface area contributed by atoms with Crippen LogP contribution in [0.5, 0.6) is 0 Å². The Labute approximate surface area is 75.0 Å². The van der Waals surface area contributed by atoms with E-state index in [9.17, 15) is 4.79 Å². The van der Waals surface area contributed by atoms with E-state index >= 15 is 0 Å². The number of hydrogen-bond acceptors (Lipinski definition) is 4. The molecule has 1 heterocycles. The van der Waals surface area contributed by atoms with E-state index < -0.39 is 5.97 Å². The van der Waals surface area contributed by atoms with Crippen molar-refractivity contribution in [1.82, 2.24) is 4.98 Å². The van der Waals surface area contributed by atoms with Crippen LogP contribution >= 0.6 is 27.3 Å². The number of hydrogen-bond donors (Lipinski definition) is 1. The summed E-state index contributed by atoms with van der Waals surface area (Å²) in [5, 5.41) is 10.1. The topological polar surface area (TPSA) is 67.3 Å². The molecule has 0 aromatic carbocycles. The normalized spacial score (nSPS) is 8.09. The molecule has 1 N–H and O–H groups in total. The Kier molecular flexibility index (Phi) is 4.64. The number of aromatic carboxylic acids is 1. The summed E-state index contributed by atoms with van der Waals surface area (Å²) in [7, 11) is 0. The van der Waals surface area contributed by atoms with Crippen LogP contribution in [0, 0.1) is 0 Å². The van der Waals surface area contributed by atoms with Crippen molar-refractivity contribution in [1.29, 1.82) is 0 Å². The van der Waals surface area contributed by atoms with Gasteiger partial charge in [-0.2, -0.15) is 0 Å². The van der Waals surface area contributed by atoms with Crippen molar-refractivity contribution in [3.05, 3.63) is 15.0 Å². The largest absolute Gasteiger partial charge is 0.476 e. The minimum Gasteiger partial charge on any atom is -0.476 e. The van der Waals surface area contributed by atoms with Gasteiger partial charge in [0.1, 0.15) is 11.4 Å². The third kappa shape index (κ3) is 3.24. The van der Waals surface area contributed by atoms with Gasteiger partial charge in [0.2, 0.25) is 5.01 Å². The Morgan fingerprint density at radius 2 is 2.27 bits per heavy atom. The second-order valence-corrected chi connectivity index (χ2v) is 2.95. The quantitative estimate of drug-likeness (QED) is 0.803. The third-order valence-electron chi connectivity index (χ3n) is 0.659. The van der Waals surface area contributed by atoms with Gasteiger partial charge in [-0.3, -0.25) is 0 Å². The number of carboxylic acid groups (broad SMARTS) is 1. The average molecular weight is 238 g/mol. The second-order valence-electron chi connectivity index (χ2n) is 1.28. The minimum atomic E-state index is -0.981. The predicted octanol–water partition coefficient (Wildman–Crippen LogP) is 1.42. The van der Waals surface area contributed by atoms with Crippen molar-refractivity contribution in [2.75, 3.05) is 0 Å². The second kappa shape index (κ2) is 4.97. The molecule has 0 radical (unpaired) electrons. The van der Waals surface area contributed by atoms with Crippen molar-refractivity contribution < 1.29 is 14.7 Å². The molecule has 0 atom stereocenters.